The van der Waals surface area contributed by atoms with Gasteiger partial charge < -0.3 is 15.7 Å². The SMILES string of the molecule is CC(C)CC(CNC(=O)CCCNC(=O)c1ccc(Cl)cc1)C(=O)O. The number of aliphatic carboxylic acids is 1. The minimum atomic E-state index is -0.899. The fraction of sp³-hybridized carbons (Fsp3) is 0.500. The van der Waals surface area contributed by atoms with Crippen molar-refractivity contribution in [2.24, 2.45) is 11.8 Å². The number of nitrogens with one attached hydrogen (secondary N) is 2. The average molecular weight is 369 g/mol. The van der Waals surface area contributed by atoms with E-state index in [0.717, 1.165) is 0 Å². The van der Waals surface area contributed by atoms with Crippen LogP contribution in [0.3, 0.4) is 0 Å². The van der Waals surface area contributed by atoms with E-state index < -0.39 is 11.9 Å². The highest BCUT2D eigenvalue weighted by molar-refractivity contribution is 6.30. The van der Waals surface area contributed by atoms with Gasteiger partial charge in [0.2, 0.25) is 5.91 Å². The summed E-state index contributed by atoms with van der Waals surface area (Å²) in [5.74, 6) is -1.66. The molecular formula is C18H25ClN2O4. The lowest BCUT2D eigenvalue weighted by molar-refractivity contribution is -0.142. The summed E-state index contributed by atoms with van der Waals surface area (Å²) in [5, 5.41) is 15.1. The van der Waals surface area contributed by atoms with Crippen LogP contribution in [0, 0.1) is 11.8 Å². The Morgan fingerprint density at radius 3 is 2.32 bits per heavy atom. The van der Waals surface area contributed by atoms with E-state index >= 15 is 0 Å². The molecule has 3 N–H and O–H groups in total. The first-order valence-corrected chi connectivity index (χ1v) is 8.70. The van der Waals surface area contributed by atoms with Gasteiger partial charge >= 0.3 is 5.97 Å². The van der Waals surface area contributed by atoms with Gasteiger partial charge in [0.15, 0.2) is 0 Å². The molecular weight excluding hydrogens is 344 g/mol. The molecule has 138 valence electrons. The zero-order valence-electron chi connectivity index (χ0n) is 14.5. The number of benzene rings is 1. The van der Waals surface area contributed by atoms with Gasteiger partial charge in [0.25, 0.3) is 5.91 Å². The van der Waals surface area contributed by atoms with Gasteiger partial charge in [0.1, 0.15) is 0 Å². The van der Waals surface area contributed by atoms with Crippen molar-refractivity contribution in [2.75, 3.05) is 13.1 Å². The molecule has 6 nitrogen and oxygen atoms in total. The van der Waals surface area contributed by atoms with Crippen LogP contribution in [0.4, 0.5) is 0 Å². The van der Waals surface area contributed by atoms with Crippen LogP contribution < -0.4 is 10.6 Å². The molecule has 0 aliphatic carbocycles. The molecule has 0 aliphatic heterocycles. The number of halogens is 1. The fourth-order valence-electron chi connectivity index (χ4n) is 2.32. The third-order valence-electron chi connectivity index (χ3n) is 3.62. The predicted octanol–water partition coefficient (Wildman–Crippen LogP) is 2.71. The first-order chi connectivity index (χ1) is 11.8. The number of hydrogen-bond donors (Lipinski definition) is 3. The monoisotopic (exact) mass is 368 g/mol. The number of carbonyl (C=O) groups excluding carboxylic acids is 2. The maximum Gasteiger partial charge on any atom is 0.308 e. The molecule has 0 aliphatic rings. The van der Waals surface area contributed by atoms with Gasteiger partial charge in [-0.25, -0.2) is 0 Å². The maximum absolute atomic E-state index is 11.9. The standard InChI is InChI=1S/C18H25ClN2O4/c1-12(2)10-14(18(24)25)11-21-16(22)4-3-9-20-17(23)13-5-7-15(19)8-6-13/h5-8,12,14H,3-4,9-11H2,1-2H3,(H,20,23)(H,21,22)(H,24,25). The number of carbonyl (C=O) groups is 3. The third kappa shape index (κ3) is 8.54. The van der Waals surface area contributed by atoms with E-state index in [-0.39, 0.29) is 30.7 Å². The zero-order chi connectivity index (χ0) is 18.8. The summed E-state index contributed by atoms with van der Waals surface area (Å²) in [6.45, 7) is 4.38. The Hall–Kier alpha value is -2.08. The second kappa shape index (κ2) is 10.7. The highest BCUT2D eigenvalue weighted by atomic mass is 35.5. The van der Waals surface area contributed by atoms with Crippen LogP contribution in [0.15, 0.2) is 24.3 Å². The van der Waals surface area contributed by atoms with Gasteiger partial charge in [-0.2, -0.15) is 0 Å². The quantitative estimate of drug-likeness (QED) is 0.553. The molecule has 25 heavy (non-hydrogen) atoms. The number of hydrogen-bond acceptors (Lipinski definition) is 3. The summed E-state index contributed by atoms with van der Waals surface area (Å²) in [6.07, 6.45) is 1.23. The Morgan fingerprint density at radius 2 is 1.76 bits per heavy atom. The van der Waals surface area contributed by atoms with Crippen LogP contribution in [0.5, 0.6) is 0 Å². The first-order valence-electron chi connectivity index (χ1n) is 8.33. The van der Waals surface area contributed by atoms with E-state index in [0.29, 0.717) is 30.0 Å². The summed E-state index contributed by atoms with van der Waals surface area (Å²) in [7, 11) is 0. The van der Waals surface area contributed by atoms with Crippen molar-refractivity contribution >= 4 is 29.4 Å². The molecule has 7 heteroatoms. The number of carboxylic acid groups (broad SMARTS) is 1. The zero-order valence-corrected chi connectivity index (χ0v) is 15.3. The van der Waals surface area contributed by atoms with Crippen LogP contribution in [-0.2, 0) is 9.59 Å². The molecule has 0 bridgehead atoms. The predicted molar refractivity (Wildman–Crippen MR) is 96.6 cm³/mol. The van der Waals surface area contributed by atoms with E-state index in [9.17, 15) is 14.4 Å². The number of amides is 2. The molecule has 1 unspecified atom stereocenters. The van der Waals surface area contributed by atoms with Crippen molar-refractivity contribution in [2.45, 2.75) is 33.1 Å². The third-order valence-corrected chi connectivity index (χ3v) is 3.88. The van der Waals surface area contributed by atoms with E-state index in [4.69, 9.17) is 16.7 Å². The number of carboxylic acids is 1. The number of rotatable bonds is 10. The smallest absolute Gasteiger partial charge is 0.308 e. The molecule has 1 aromatic rings. The molecule has 0 heterocycles. The van der Waals surface area contributed by atoms with Crippen molar-refractivity contribution in [3.05, 3.63) is 34.9 Å². The van der Waals surface area contributed by atoms with Crippen molar-refractivity contribution < 1.29 is 19.5 Å². The van der Waals surface area contributed by atoms with Gasteiger partial charge in [0.05, 0.1) is 5.92 Å². The summed E-state index contributed by atoms with van der Waals surface area (Å²) in [4.78, 5) is 34.8. The van der Waals surface area contributed by atoms with Gasteiger partial charge in [-0.15, -0.1) is 0 Å². The van der Waals surface area contributed by atoms with Gasteiger partial charge in [0, 0.05) is 30.1 Å². The first kappa shape index (κ1) is 21.0. The molecule has 1 atom stereocenters. The van der Waals surface area contributed by atoms with Crippen molar-refractivity contribution in [3.8, 4) is 0 Å². The lowest BCUT2D eigenvalue weighted by Gasteiger charge is -2.15. The van der Waals surface area contributed by atoms with Crippen LogP contribution >= 0.6 is 11.6 Å². The Morgan fingerprint density at radius 1 is 1.12 bits per heavy atom. The van der Waals surface area contributed by atoms with Crippen molar-refractivity contribution in [1.82, 2.24) is 10.6 Å². The van der Waals surface area contributed by atoms with Crippen molar-refractivity contribution in [1.29, 1.82) is 0 Å². The highest BCUT2D eigenvalue weighted by Crippen LogP contribution is 2.11. The Labute approximate surface area is 152 Å². The minimum Gasteiger partial charge on any atom is -0.481 e. The van der Waals surface area contributed by atoms with Crippen LogP contribution in [0.1, 0.15) is 43.5 Å². The summed E-state index contributed by atoms with van der Waals surface area (Å²) in [5.41, 5.74) is 0.506. The van der Waals surface area contributed by atoms with Gasteiger partial charge in [-0.1, -0.05) is 25.4 Å². The van der Waals surface area contributed by atoms with E-state index in [1.54, 1.807) is 24.3 Å². The second-order valence-corrected chi connectivity index (χ2v) is 6.77. The molecule has 1 aromatic carbocycles. The van der Waals surface area contributed by atoms with Crippen LogP contribution in [-0.4, -0.2) is 36.0 Å². The highest BCUT2D eigenvalue weighted by Gasteiger charge is 2.19. The van der Waals surface area contributed by atoms with Gasteiger partial charge in [-0.3, -0.25) is 14.4 Å². The largest absolute Gasteiger partial charge is 0.481 e. The lowest BCUT2D eigenvalue weighted by atomic mass is 9.97. The van der Waals surface area contributed by atoms with Crippen molar-refractivity contribution in [3.63, 3.8) is 0 Å². The minimum absolute atomic E-state index is 0.128. The Kier molecular flexibility index (Phi) is 8.99. The molecule has 1 rings (SSSR count). The summed E-state index contributed by atoms with van der Waals surface area (Å²) < 4.78 is 0. The molecule has 0 fully saturated rings. The van der Waals surface area contributed by atoms with E-state index in [2.05, 4.69) is 10.6 Å². The molecule has 0 saturated carbocycles. The maximum atomic E-state index is 11.9. The fourth-order valence-corrected chi connectivity index (χ4v) is 2.45. The molecule has 2 amide bonds. The lowest BCUT2D eigenvalue weighted by Crippen LogP contribution is -2.34. The van der Waals surface area contributed by atoms with Gasteiger partial charge in [-0.05, 0) is 43.0 Å². The Balaban J connectivity index is 2.24. The van der Waals surface area contributed by atoms with E-state index in [1.807, 2.05) is 13.8 Å². The average Bonchev–Trinajstić information content (AvgIpc) is 2.55. The summed E-state index contributed by atoms with van der Waals surface area (Å²) in [6, 6.07) is 6.54. The summed E-state index contributed by atoms with van der Waals surface area (Å²) >= 11 is 5.76. The molecule has 0 aromatic heterocycles. The van der Waals surface area contributed by atoms with Crippen LogP contribution in [0.2, 0.25) is 5.02 Å². The van der Waals surface area contributed by atoms with Crippen LogP contribution in [0.25, 0.3) is 0 Å². The molecule has 0 spiro atoms. The topological polar surface area (TPSA) is 95.5 Å². The molecule has 0 radical (unpaired) electrons. The Bertz CT molecular complexity index is 587. The van der Waals surface area contributed by atoms with E-state index in [1.165, 1.54) is 0 Å². The second-order valence-electron chi connectivity index (χ2n) is 6.34. The molecule has 0 saturated heterocycles. The normalized spacial score (nSPS) is 11.8.